The standard InChI is InChI=1S/C20H20O2/c1-15-4-8-17(9-5-15)20(21,13-12-19(3)14-22-19)18-10-6-16(2)7-11-18/h4-11,21H,14H2,1-3H3. The third kappa shape index (κ3) is 2.92. The van der Waals surface area contributed by atoms with Crippen LogP contribution in [0.3, 0.4) is 0 Å². The first-order valence-electron chi connectivity index (χ1n) is 7.46. The summed E-state index contributed by atoms with van der Waals surface area (Å²) in [5, 5.41) is 11.3. The Hall–Kier alpha value is -2.08. The highest BCUT2D eigenvalue weighted by Gasteiger charge is 2.39. The fraction of sp³-hybridized carbons (Fsp3) is 0.300. The quantitative estimate of drug-likeness (QED) is 0.680. The summed E-state index contributed by atoms with van der Waals surface area (Å²) in [6.07, 6.45) is 0. The zero-order valence-electron chi connectivity index (χ0n) is 13.2. The zero-order valence-corrected chi connectivity index (χ0v) is 13.2. The van der Waals surface area contributed by atoms with Crippen molar-refractivity contribution in [3.8, 4) is 11.8 Å². The van der Waals surface area contributed by atoms with Crippen LogP contribution in [0.2, 0.25) is 0 Å². The maximum absolute atomic E-state index is 11.3. The first kappa shape index (κ1) is 14.8. The Balaban J connectivity index is 2.09. The number of aliphatic hydroxyl groups is 1. The lowest BCUT2D eigenvalue weighted by Gasteiger charge is -2.24. The van der Waals surface area contributed by atoms with Gasteiger partial charge < -0.3 is 9.84 Å². The number of aryl methyl sites for hydroxylation is 2. The van der Waals surface area contributed by atoms with Gasteiger partial charge in [0.15, 0.2) is 5.60 Å². The van der Waals surface area contributed by atoms with Gasteiger partial charge >= 0.3 is 0 Å². The molecule has 1 heterocycles. The van der Waals surface area contributed by atoms with Crippen molar-refractivity contribution in [2.75, 3.05) is 6.61 Å². The third-order valence-electron chi connectivity index (χ3n) is 4.02. The molecule has 2 heteroatoms. The lowest BCUT2D eigenvalue weighted by Crippen LogP contribution is -2.26. The normalized spacial score (nSPS) is 20.2. The summed E-state index contributed by atoms with van der Waals surface area (Å²) in [5.41, 5.74) is 2.12. The summed E-state index contributed by atoms with van der Waals surface area (Å²) in [6, 6.07) is 15.7. The molecule has 0 spiro atoms. The maximum Gasteiger partial charge on any atom is 0.176 e. The van der Waals surface area contributed by atoms with E-state index in [2.05, 4.69) is 11.8 Å². The highest BCUT2D eigenvalue weighted by molar-refractivity contribution is 5.46. The molecule has 1 fully saturated rings. The Morgan fingerprint density at radius 1 is 0.955 bits per heavy atom. The van der Waals surface area contributed by atoms with Gasteiger partial charge in [-0.15, -0.1) is 0 Å². The molecule has 1 atom stereocenters. The average Bonchev–Trinajstić information content (AvgIpc) is 3.25. The number of epoxide rings is 1. The number of benzene rings is 2. The van der Waals surface area contributed by atoms with Crippen LogP contribution in [-0.2, 0) is 10.3 Å². The molecule has 1 aliphatic rings. The van der Waals surface area contributed by atoms with E-state index in [4.69, 9.17) is 4.74 Å². The van der Waals surface area contributed by atoms with E-state index in [-0.39, 0.29) is 0 Å². The minimum atomic E-state index is -1.32. The summed E-state index contributed by atoms with van der Waals surface area (Å²) in [7, 11) is 0. The van der Waals surface area contributed by atoms with Crippen LogP contribution < -0.4 is 0 Å². The fourth-order valence-electron chi connectivity index (χ4n) is 2.30. The van der Waals surface area contributed by atoms with E-state index in [0.717, 1.165) is 22.3 Å². The molecule has 0 aromatic heterocycles. The van der Waals surface area contributed by atoms with Crippen LogP contribution in [0.25, 0.3) is 0 Å². The van der Waals surface area contributed by atoms with Gasteiger partial charge in [0, 0.05) is 11.1 Å². The average molecular weight is 292 g/mol. The van der Waals surface area contributed by atoms with Crippen molar-refractivity contribution in [1.82, 2.24) is 0 Å². The molecule has 0 aliphatic carbocycles. The predicted octanol–water partition coefficient (Wildman–Crippen LogP) is 3.33. The van der Waals surface area contributed by atoms with Gasteiger partial charge in [0.05, 0.1) is 6.61 Å². The Morgan fingerprint density at radius 2 is 1.36 bits per heavy atom. The van der Waals surface area contributed by atoms with Gasteiger partial charge in [-0.2, -0.15) is 0 Å². The smallest absolute Gasteiger partial charge is 0.176 e. The van der Waals surface area contributed by atoms with Crippen molar-refractivity contribution < 1.29 is 9.84 Å². The fourth-order valence-corrected chi connectivity index (χ4v) is 2.30. The Morgan fingerprint density at radius 3 is 1.73 bits per heavy atom. The molecule has 2 aromatic carbocycles. The highest BCUT2D eigenvalue weighted by Crippen LogP contribution is 2.31. The predicted molar refractivity (Wildman–Crippen MR) is 87.5 cm³/mol. The SMILES string of the molecule is Cc1ccc(C(O)(C#CC2(C)CO2)c2ccc(C)cc2)cc1. The van der Waals surface area contributed by atoms with E-state index < -0.39 is 11.2 Å². The second-order valence-corrected chi connectivity index (χ2v) is 6.21. The number of rotatable bonds is 2. The van der Waals surface area contributed by atoms with E-state index in [9.17, 15) is 5.11 Å². The van der Waals surface area contributed by atoms with Gasteiger partial charge in [-0.3, -0.25) is 0 Å². The zero-order chi connectivity index (χ0) is 15.8. The van der Waals surface area contributed by atoms with Gasteiger partial charge in [0.1, 0.15) is 5.60 Å². The van der Waals surface area contributed by atoms with Crippen LogP contribution in [0.4, 0.5) is 0 Å². The lowest BCUT2D eigenvalue weighted by molar-refractivity contribution is 0.145. The summed E-state index contributed by atoms with van der Waals surface area (Å²) >= 11 is 0. The van der Waals surface area contributed by atoms with E-state index in [1.54, 1.807) is 0 Å². The Kier molecular flexibility index (Phi) is 3.56. The third-order valence-corrected chi connectivity index (χ3v) is 4.02. The van der Waals surface area contributed by atoms with E-state index in [0.29, 0.717) is 6.61 Å². The monoisotopic (exact) mass is 292 g/mol. The largest absolute Gasteiger partial charge is 0.369 e. The van der Waals surface area contributed by atoms with Gasteiger partial charge in [0.2, 0.25) is 0 Å². The van der Waals surface area contributed by atoms with Crippen LogP contribution in [0, 0.1) is 25.7 Å². The van der Waals surface area contributed by atoms with E-state index >= 15 is 0 Å². The van der Waals surface area contributed by atoms with Crippen molar-refractivity contribution in [3.05, 3.63) is 70.8 Å². The number of hydrogen-bond acceptors (Lipinski definition) is 2. The van der Waals surface area contributed by atoms with E-state index in [1.165, 1.54) is 0 Å². The molecule has 1 N–H and O–H groups in total. The van der Waals surface area contributed by atoms with Gasteiger partial charge in [-0.05, 0) is 20.8 Å². The maximum atomic E-state index is 11.3. The van der Waals surface area contributed by atoms with Crippen molar-refractivity contribution in [2.24, 2.45) is 0 Å². The topological polar surface area (TPSA) is 32.8 Å². The lowest BCUT2D eigenvalue weighted by atomic mass is 9.85. The molecule has 0 bridgehead atoms. The second kappa shape index (κ2) is 5.28. The Bertz CT molecular complexity index is 681. The molecular weight excluding hydrogens is 272 g/mol. The van der Waals surface area contributed by atoms with Crippen molar-refractivity contribution >= 4 is 0 Å². The molecule has 1 unspecified atom stereocenters. The molecule has 3 rings (SSSR count). The van der Waals surface area contributed by atoms with Crippen LogP contribution in [0.1, 0.15) is 29.2 Å². The number of ether oxygens (including phenoxy) is 1. The highest BCUT2D eigenvalue weighted by atomic mass is 16.6. The molecule has 0 amide bonds. The molecular formula is C20H20O2. The van der Waals surface area contributed by atoms with Crippen molar-refractivity contribution in [3.63, 3.8) is 0 Å². The van der Waals surface area contributed by atoms with Crippen LogP contribution >= 0.6 is 0 Å². The molecule has 0 radical (unpaired) electrons. The first-order valence-corrected chi connectivity index (χ1v) is 7.46. The van der Waals surface area contributed by atoms with Crippen molar-refractivity contribution in [2.45, 2.75) is 32.0 Å². The summed E-state index contributed by atoms with van der Waals surface area (Å²) < 4.78 is 5.32. The van der Waals surface area contributed by atoms with Crippen LogP contribution in [0.15, 0.2) is 48.5 Å². The molecule has 2 aromatic rings. The second-order valence-electron chi connectivity index (χ2n) is 6.21. The summed E-state index contributed by atoms with van der Waals surface area (Å²) in [5.74, 6) is 6.13. The first-order chi connectivity index (χ1) is 10.4. The van der Waals surface area contributed by atoms with Gasteiger partial charge in [-0.25, -0.2) is 0 Å². The summed E-state index contributed by atoms with van der Waals surface area (Å²) in [6.45, 7) is 6.61. The minimum Gasteiger partial charge on any atom is -0.369 e. The molecule has 2 nitrogen and oxygen atoms in total. The van der Waals surface area contributed by atoms with Crippen LogP contribution in [0.5, 0.6) is 0 Å². The van der Waals surface area contributed by atoms with E-state index in [1.807, 2.05) is 69.3 Å². The molecule has 0 saturated carbocycles. The molecule has 1 aliphatic heterocycles. The molecule has 112 valence electrons. The number of hydrogen-bond donors (Lipinski definition) is 1. The minimum absolute atomic E-state index is 0.413. The molecule has 22 heavy (non-hydrogen) atoms. The molecule has 1 saturated heterocycles. The van der Waals surface area contributed by atoms with Crippen molar-refractivity contribution in [1.29, 1.82) is 0 Å². The Labute approximate surface area is 131 Å². The van der Waals surface area contributed by atoms with Gasteiger partial charge in [0.25, 0.3) is 0 Å². The van der Waals surface area contributed by atoms with Crippen LogP contribution in [-0.4, -0.2) is 17.3 Å². The van der Waals surface area contributed by atoms with Gasteiger partial charge in [-0.1, -0.05) is 71.5 Å². The summed E-state index contributed by atoms with van der Waals surface area (Å²) in [4.78, 5) is 0.